The number of benzene rings is 1. The fourth-order valence-electron chi connectivity index (χ4n) is 3.67. The van der Waals surface area contributed by atoms with Crippen molar-refractivity contribution >= 4 is 0 Å². The maximum atomic E-state index is 12.8. The van der Waals surface area contributed by atoms with Crippen LogP contribution in [-0.4, -0.2) is 13.1 Å². The van der Waals surface area contributed by atoms with Gasteiger partial charge in [0.25, 0.3) is 0 Å². The zero-order valence-corrected chi connectivity index (χ0v) is 12.9. The summed E-state index contributed by atoms with van der Waals surface area (Å²) in [5, 5.41) is 3.33. The molecule has 1 aromatic rings. The third-order valence-corrected chi connectivity index (χ3v) is 4.91. The van der Waals surface area contributed by atoms with E-state index in [2.05, 4.69) is 19.2 Å². The topological polar surface area (TPSA) is 12.0 Å². The molecule has 2 rings (SSSR count). The molecular formula is C17H24F3N. The molecule has 2 atom stereocenters. The number of hydrogen-bond acceptors (Lipinski definition) is 1. The second kappa shape index (κ2) is 5.99. The van der Waals surface area contributed by atoms with Crippen LogP contribution in [0.15, 0.2) is 24.3 Å². The molecule has 0 amide bonds. The number of alkyl halides is 3. The lowest BCUT2D eigenvalue weighted by molar-refractivity contribution is -0.137. The molecule has 1 saturated carbocycles. The van der Waals surface area contributed by atoms with Crippen LogP contribution in [0.3, 0.4) is 0 Å². The SMILES string of the molecule is CNC(Cc1cccc(C(F)(F)F)c1)C1CCCC1(C)C. The van der Waals surface area contributed by atoms with Crippen LogP contribution in [0.25, 0.3) is 0 Å². The van der Waals surface area contributed by atoms with Crippen LogP contribution in [-0.2, 0) is 12.6 Å². The molecule has 4 heteroatoms. The summed E-state index contributed by atoms with van der Waals surface area (Å²) in [6.07, 6.45) is -0.0688. The molecule has 2 unspecified atom stereocenters. The number of hydrogen-bond donors (Lipinski definition) is 1. The minimum absolute atomic E-state index is 0.228. The van der Waals surface area contributed by atoms with Gasteiger partial charge in [-0.05, 0) is 49.3 Å². The lowest BCUT2D eigenvalue weighted by Crippen LogP contribution is -2.40. The standard InChI is InChI=1S/C17H24F3N/c1-16(2)9-5-8-14(16)15(21-3)11-12-6-4-7-13(10-12)17(18,19)20/h4,6-7,10,14-15,21H,5,8-9,11H2,1-3H3. The molecule has 1 aliphatic rings. The van der Waals surface area contributed by atoms with Crippen LogP contribution in [0.5, 0.6) is 0 Å². The van der Waals surface area contributed by atoms with Crippen LogP contribution >= 0.6 is 0 Å². The maximum Gasteiger partial charge on any atom is 0.416 e. The van der Waals surface area contributed by atoms with Crippen molar-refractivity contribution in [2.45, 2.75) is 51.7 Å². The highest BCUT2D eigenvalue weighted by molar-refractivity contribution is 5.26. The zero-order valence-electron chi connectivity index (χ0n) is 12.9. The highest BCUT2D eigenvalue weighted by Gasteiger charge is 2.39. The monoisotopic (exact) mass is 299 g/mol. The van der Waals surface area contributed by atoms with Gasteiger partial charge >= 0.3 is 6.18 Å². The first kappa shape index (κ1) is 16.3. The fourth-order valence-corrected chi connectivity index (χ4v) is 3.67. The van der Waals surface area contributed by atoms with Crippen LogP contribution in [0.4, 0.5) is 13.2 Å². The Morgan fingerprint density at radius 1 is 1.33 bits per heavy atom. The summed E-state index contributed by atoms with van der Waals surface area (Å²) < 4.78 is 38.4. The van der Waals surface area contributed by atoms with E-state index in [1.54, 1.807) is 6.07 Å². The van der Waals surface area contributed by atoms with Crippen LogP contribution in [0.2, 0.25) is 0 Å². The van der Waals surface area contributed by atoms with Crippen LogP contribution in [0.1, 0.15) is 44.2 Å². The summed E-state index contributed by atoms with van der Waals surface area (Å²) in [7, 11) is 1.91. The average molecular weight is 299 g/mol. The van der Waals surface area contributed by atoms with E-state index in [0.29, 0.717) is 12.3 Å². The maximum absolute atomic E-state index is 12.8. The van der Waals surface area contributed by atoms with E-state index in [-0.39, 0.29) is 11.5 Å². The second-order valence-electron chi connectivity index (χ2n) is 6.78. The van der Waals surface area contributed by atoms with Gasteiger partial charge in [-0.15, -0.1) is 0 Å². The van der Waals surface area contributed by atoms with Gasteiger partial charge in [0.1, 0.15) is 0 Å². The minimum atomic E-state index is -4.27. The summed E-state index contributed by atoms with van der Waals surface area (Å²) >= 11 is 0. The number of halogens is 3. The Bertz CT molecular complexity index is 479. The Morgan fingerprint density at radius 2 is 2.05 bits per heavy atom. The molecule has 0 bridgehead atoms. The van der Waals surface area contributed by atoms with Crippen LogP contribution < -0.4 is 5.32 Å². The predicted octanol–water partition coefficient (Wildman–Crippen LogP) is 4.66. The highest BCUT2D eigenvalue weighted by Crippen LogP contribution is 2.45. The fraction of sp³-hybridized carbons (Fsp3) is 0.647. The van der Waals surface area contributed by atoms with Crippen molar-refractivity contribution in [3.8, 4) is 0 Å². The van der Waals surface area contributed by atoms with Gasteiger partial charge in [0.2, 0.25) is 0 Å². The molecule has 1 N–H and O–H groups in total. The van der Waals surface area contributed by atoms with Gasteiger partial charge in [-0.3, -0.25) is 0 Å². The molecule has 0 aromatic heterocycles. The molecule has 0 spiro atoms. The van der Waals surface area contributed by atoms with Crippen molar-refractivity contribution in [1.82, 2.24) is 5.32 Å². The number of rotatable bonds is 4. The lowest BCUT2D eigenvalue weighted by Gasteiger charge is -2.34. The lowest BCUT2D eigenvalue weighted by atomic mass is 9.76. The van der Waals surface area contributed by atoms with E-state index in [1.165, 1.54) is 25.0 Å². The van der Waals surface area contributed by atoms with Crippen molar-refractivity contribution in [1.29, 1.82) is 0 Å². The molecule has 0 saturated heterocycles. The summed E-state index contributed by atoms with van der Waals surface area (Å²) in [5.41, 5.74) is 0.461. The van der Waals surface area contributed by atoms with E-state index < -0.39 is 11.7 Å². The van der Waals surface area contributed by atoms with Crippen molar-refractivity contribution in [2.75, 3.05) is 7.05 Å². The van der Waals surface area contributed by atoms with Gasteiger partial charge in [-0.2, -0.15) is 13.2 Å². The third-order valence-electron chi connectivity index (χ3n) is 4.91. The van der Waals surface area contributed by atoms with E-state index >= 15 is 0 Å². The molecule has 0 heterocycles. The van der Waals surface area contributed by atoms with Gasteiger partial charge in [-0.1, -0.05) is 38.5 Å². The molecule has 1 fully saturated rings. The molecular weight excluding hydrogens is 275 g/mol. The average Bonchev–Trinajstić information content (AvgIpc) is 2.75. The number of nitrogens with one attached hydrogen (secondary N) is 1. The van der Waals surface area contributed by atoms with E-state index in [0.717, 1.165) is 18.1 Å². The Hall–Kier alpha value is -1.03. The zero-order chi connectivity index (χ0) is 15.7. The van der Waals surface area contributed by atoms with Crippen molar-refractivity contribution in [3.63, 3.8) is 0 Å². The molecule has 1 aliphatic carbocycles. The molecule has 1 aromatic carbocycles. The first-order valence-corrected chi connectivity index (χ1v) is 7.57. The van der Waals surface area contributed by atoms with Gasteiger partial charge in [0.15, 0.2) is 0 Å². The largest absolute Gasteiger partial charge is 0.416 e. The normalized spacial score (nSPS) is 23.2. The third kappa shape index (κ3) is 3.79. The molecule has 118 valence electrons. The Morgan fingerprint density at radius 3 is 2.57 bits per heavy atom. The first-order chi connectivity index (χ1) is 9.74. The highest BCUT2D eigenvalue weighted by atomic mass is 19.4. The molecule has 0 aliphatic heterocycles. The molecule has 0 radical (unpaired) electrons. The molecule has 1 nitrogen and oxygen atoms in total. The van der Waals surface area contributed by atoms with Crippen LogP contribution in [0, 0.1) is 11.3 Å². The van der Waals surface area contributed by atoms with E-state index in [1.807, 2.05) is 7.05 Å². The summed E-state index contributed by atoms with van der Waals surface area (Å²) in [4.78, 5) is 0. The second-order valence-corrected chi connectivity index (χ2v) is 6.78. The predicted molar refractivity (Wildman–Crippen MR) is 79.1 cm³/mol. The van der Waals surface area contributed by atoms with E-state index in [4.69, 9.17) is 0 Å². The van der Waals surface area contributed by atoms with Gasteiger partial charge < -0.3 is 5.32 Å². The van der Waals surface area contributed by atoms with Gasteiger partial charge in [0, 0.05) is 6.04 Å². The minimum Gasteiger partial charge on any atom is -0.316 e. The Kier molecular flexibility index (Phi) is 4.66. The smallest absolute Gasteiger partial charge is 0.316 e. The van der Waals surface area contributed by atoms with Gasteiger partial charge in [0.05, 0.1) is 5.56 Å². The summed E-state index contributed by atoms with van der Waals surface area (Å²) in [6.45, 7) is 4.53. The summed E-state index contributed by atoms with van der Waals surface area (Å²) in [6, 6.07) is 5.95. The molecule has 21 heavy (non-hydrogen) atoms. The van der Waals surface area contributed by atoms with Crippen molar-refractivity contribution in [2.24, 2.45) is 11.3 Å². The van der Waals surface area contributed by atoms with Gasteiger partial charge in [-0.25, -0.2) is 0 Å². The van der Waals surface area contributed by atoms with Crippen molar-refractivity contribution in [3.05, 3.63) is 35.4 Å². The Labute approximate surface area is 124 Å². The first-order valence-electron chi connectivity index (χ1n) is 7.57. The van der Waals surface area contributed by atoms with E-state index in [9.17, 15) is 13.2 Å². The number of likely N-dealkylation sites (N-methyl/N-ethyl adjacent to an activating group) is 1. The van der Waals surface area contributed by atoms with Crippen molar-refractivity contribution < 1.29 is 13.2 Å². The Balaban J connectivity index is 2.16. The summed E-state index contributed by atoms with van der Waals surface area (Å²) in [5.74, 6) is 0.511. The quantitative estimate of drug-likeness (QED) is 0.852.